The Hall–Kier alpha value is -3.72. The highest BCUT2D eigenvalue weighted by Gasteiger charge is 2.46. The summed E-state index contributed by atoms with van der Waals surface area (Å²) in [6.07, 6.45) is 3.76. The molecular weight excluding hydrogens is 381 g/mol. The summed E-state index contributed by atoms with van der Waals surface area (Å²) < 4.78 is 13.2. The van der Waals surface area contributed by atoms with Gasteiger partial charge in [-0.2, -0.15) is 5.26 Å². The van der Waals surface area contributed by atoms with E-state index >= 15 is 0 Å². The lowest BCUT2D eigenvalue weighted by Gasteiger charge is -2.41. The summed E-state index contributed by atoms with van der Waals surface area (Å²) in [5.41, 5.74) is 1.37. The van der Waals surface area contributed by atoms with E-state index in [4.69, 9.17) is 0 Å². The molecule has 2 amide bonds. The van der Waals surface area contributed by atoms with Crippen LogP contribution in [0.1, 0.15) is 35.6 Å². The first kappa shape index (κ1) is 21.0. The highest BCUT2D eigenvalue weighted by Crippen LogP contribution is 2.29. The first-order chi connectivity index (χ1) is 14.3. The number of carbonyl (C=O) groups is 2. The summed E-state index contributed by atoms with van der Waals surface area (Å²) in [5.74, 6) is -1.04. The Bertz CT molecular complexity index is 1080. The van der Waals surface area contributed by atoms with Gasteiger partial charge >= 0.3 is 0 Å². The molecule has 5 nitrogen and oxygen atoms in total. The summed E-state index contributed by atoms with van der Waals surface area (Å²) >= 11 is 0. The Balaban J connectivity index is 2.01. The molecule has 1 N–H and O–H groups in total. The van der Waals surface area contributed by atoms with Crippen LogP contribution in [0.4, 0.5) is 4.39 Å². The van der Waals surface area contributed by atoms with Crippen molar-refractivity contribution in [3.8, 4) is 6.07 Å². The summed E-state index contributed by atoms with van der Waals surface area (Å²) in [5, 5.41) is 12.3. The molecule has 30 heavy (non-hydrogen) atoms. The van der Waals surface area contributed by atoms with E-state index in [-0.39, 0.29) is 23.8 Å². The normalized spacial score (nSPS) is 20.1. The molecule has 3 rings (SSSR count). The van der Waals surface area contributed by atoms with Gasteiger partial charge in [0, 0.05) is 19.0 Å². The van der Waals surface area contributed by atoms with Crippen LogP contribution in [0.5, 0.6) is 0 Å². The molecule has 6 heteroatoms. The van der Waals surface area contributed by atoms with E-state index in [1.54, 1.807) is 49.5 Å². The fraction of sp³-hybridized carbons (Fsp3) is 0.208. The Labute approximate surface area is 175 Å². The van der Waals surface area contributed by atoms with E-state index in [1.165, 1.54) is 17.0 Å². The predicted octanol–water partition coefficient (Wildman–Crippen LogP) is 3.66. The second-order valence-corrected chi connectivity index (χ2v) is 7.21. The quantitative estimate of drug-likeness (QED) is 0.775. The lowest BCUT2D eigenvalue weighted by Crippen LogP contribution is -2.65. The van der Waals surface area contributed by atoms with Gasteiger partial charge in [0.2, 0.25) is 0 Å². The van der Waals surface area contributed by atoms with Gasteiger partial charge < -0.3 is 10.2 Å². The summed E-state index contributed by atoms with van der Waals surface area (Å²) in [6.45, 7) is 5.58. The van der Waals surface area contributed by atoms with Crippen LogP contribution in [0.25, 0.3) is 12.2 Å². The second kappa shape index (κ2) is 8.34. The number of halogens is 1. The minimum Gasteiger partial charge on any atom is -0.336 e. The molecule has 152 valence electrons. The Morgan fingerprint density at radius 2 is 1.93 bits per heavy atom. The highest BCUT2D eigenvalue weighted by molar-refractivity contribution is 6.09. The van der Waals surface area contributed by atoms with E-state index in [0.717, 1.165) is 5.56 Å². The molecule has 0 aliphatic carbocycles. The van der Waals surface area contributed by atoms with Gasteiger partial charge in [-0.05, 0) is 41.8 Å². The van der Waals surface area contributed by atoms with Gasteiger partial charge in [0.05, 0.1) is 11.6 Å². The molecule has 1 unspecified atom stereocenters. The van der Waals surface area contributed by atoms with Crippen LogP contribution in [0.15, 0.2) is 54.7 Å². The van der Waals surface area contributed by atoms with Gasteiger partial charge in [-0.1, -0.05) is 43.8 Å². The number of hydrogen-bond acceptors (Lipinski definition) is 3. The number of hydrogen-bond donors (Lipinski definition) is 1. The van der Waals surface area contributed by atoms with Crippen LogP contribution in [-0.4, -0.2) is 29.3 Å². The van der Waals surface area contributed by atoms with Gasteiger partial charge in [-0.25, -0.2) is 4.39 Å². The molecule has 1 aliphatic rings. The first-order valence-corrected chi connectivity index (χ1v) is 9.57. The molecule has 1 aliphatic heterocycles. The van der Waals surface area contributed by atoms with Crippen LogP contribution in [-0.2, 0) is 16.0 Å². The molecule has 1 fully saturated rings. The smallest absolute Gasteiger partial charge is 0.268 e. The van der Waals surface area contributed by atoms with Gasteiger partial charge in [0.25, 0.3) is 11.8 Å². The first-order valence-electron chi connectivity index (χ1n) is 9.57. The number of likely N-dealkylation sites (N-methyl/N-ethyl adjacent to an activating group) is 1. The van der Waals surface area contributed by atoms with Crippen molar-refractivity contribution in [1.29, 1.82) is 5.26 Å². The lowest BCUT2D eigenvalue weighted by atomic mass is 9.84. The largest absolute Gasteiger partial charge is 0.336 e. The predicted molar refractivity (Wildman–Crippen MR) is 113 cm³/mol. The number of carbonyl (C=O) groups excluding carboxylic acids is 2. The van der Waals surface area contributed by atoms with Crippen molar-refractivity contribution in [2.45, 2.75) is 25.3 Å². The van der Waals surface area contributed by atoms with E-state index in [0.29, 0.717) is 23.1 Å². The number of amides is 2. The number of rotatable bonds is 5. The van der Waals surface area contributed by atoms with Crippen molar-refractivity contribution >= 4 is 24.0 Å². The third kappa shape index (κ3) is 3.74. The van der Waals surface area contributed by atoms with Crippen LogP contribution >= 0.6 is 0 Å². The molecule has 1 atom stereocenters. The maximum atomic E-state index is 13.3. The van der Waals surface area contributed by atoms with Gasteiger partial charge in [-0.15, -0.1) is 0 Å². The molecule has 2 aromatic carbocycles. The van der Waals surface area contributed by atoms with Crippen molar-refractivity contribution in [3.05, 3.63) is 82.8 Å². The molecule has 0 aromatic heterocycles. The Morgan fingerprint density at radius 3 is 2.53 bits per heavy atom. The number of piperazine rings is 1. The molecule has 1 heterocycles. The monoisotopic (exact) mass is 403 g/mol. The molecule has 0 saturated carbocycles. The van der Waals surface area contributed by atoms with Crippen LogP contribution in [0.2, 0.25) is 0 Å². The Kier molecular flexibility index (Phi) is 5.84. The van der Waals surface area contributed by atoms with E-state index < -0.39 is 11.4 Å². The van der Waals surface area contributed by atoms with Crippen LogP contribution in [0, 0.1) is 17.1 Å². The second-order valence-electron chi connectivity index (χ2n) is 7.21. The zero-order valence-electron chi connectivity index (χ0n) is 16.9. The van der Waals surface area contributed by atoms with Crippen molar-refractivity contribution in [1.82, 2.24) is 10.2 Å². The molecule has 0 radical (unpaired) electrons. The highest BCUT2D eigenvalue weighted by atomic mass is 19.1. The van der Waals surface area contributed by atoms with Crippen molar-refractivity contribution in [2.24, 2.45) is 0 Å². The maximum absolute atomic E-state index is 13.3. The molecule has 1 saturated heterocycles. The number of benzene rings is 2. The third-order valence-corrected chi connectivity index (χ3v) is 5.44. The zero-order valence-corrected chi connectivity index (χ0v) is 16.9. The van der Waals surface area contributed by atoms with Gasteiger partial charge in [0.15, 0.2) is 0 Å². The molecule has 0 spiro atoms. The number of nitriles is 1. The molecular formula is C24H22FN3O2. The Morgan fingerprint density at radius 1 is 1.23 bits per heavy atom. The average Bonchev–Trinajstić information content (AvgIpc) is 2.76. The van der Waals surface area contributed by atoms with Crippen molar-refractivity contribution < 1.29 is 14.0 Å². The van der Waals surface area contributed by atoms with Crippen molar-refractivity contribution in [3.63, 3.8) is 0 Å². The molecule has 2 aromatic rings. The fourth-order valence-electron chi connectivity index (χ4n) is 3.67. The van der Waals surface area contributed by atoms with Crippen molar-refractivity contribution in [2.75, 3.05) is 7.05 Å². The summed E-state index contributed by atoms with van der Waals surface area (Å²) in [7, 11) is 1.55. The summed E-state index contributed by atoms with van der Waals surface area (Å²) in [4.78, 5) is 27.7. The standard InChI is InChI=1S/C24H22FN3O2/c1-4-17-7-6-8-18(15-26)20(17)13-21-22(29)27-24(5-2,23(30)28(21)3)14-16-9-11-19(25)12-10-16/h4,6-13H,1,5,14H2,2-3H3,(H,27,29)/b21-13+. The van der Waals surface area contributed by atoms with E-state index in [2.05, 4.69) is 18.0 Å². The van der Waals surface area contributed by atoms with Crippen LogP contribution in [0.3, 0.4) is 0 Å². The fourth-order valence-corrected chi connectivity index (χ4v) is 3.67. The third-order valence-electron chi connectivity index (χ3n) is 5.44. The minimum absolute atomic E-state index is 0.147. The summed E-state index contributed by atoms with van der Waals surface area (Å²) in [6, 6.07) is 13.2. The van der Waals surface area contributed by atoms with Gasteiger partial charge in [0.1, 0.15) is 17.1 Å². The molecule has 0 bridgehead atoms. The van der Waals surface area contributed by atoms with Gasteiger partial charge in [-0.3, -0.25) is 9.59 Å². The zero-order chi connectivity index (χ0) is 21.9. The lowest BCUT2D eigenvalue weighted by molar-refractivity contribution is -0.144. The average molecular weight is 403 g/mol. The van der Waals surface area contributed by atoms with Crippen LogP contribution < -0.4 is 5.32 Å². The minimum atomic E-state index is -1.13. The number of nitrogens with one attached hydrogen (secondary N) is 1. The van der Waals surface area contributed by atoms with E-state index in [9.17, 15) is 19.2 Å². The number of nitrogens with zero attached hydrogens (tertiary/aromatic N) is 2. The van der Waals surface area contributed by atoms with E-state index in [1.807, 2.05) is 6.92 Å². The maximum Gasteiger partial charge on any atom is 0.268 e. The SMILES string of the molecule is C=Cc1cccc(C#N)c1/C=C1\C(=O)NC(CC)(Cc2ccc(F)cc2)C(=O)N1C. The topological polar surface area (TPSA) is 73.2 Å².